The standard InChI is InChI=1S/C21H29N3S/c1-22-19-9-5-6-10-20(19)25-21(22)17-18-11-14-23(15-12-18)13-7-8-16-24(2,3)4/h5-6,9-12,14-15,17H,7-8,13,16H2,1-4H3/q+2. The van der Waals surface area contributed by atoms with Gasteiger partial charge in [0.2, 0.25) is 0 Å². The van der Waals surface area contributed by atoms with Crippen LogP contribution in [0.3, 0.4) is 0 Å². The molecule has 0 unspecified atom stereocenters. The Morgan fingerprint density at radius 3 is 2.44 bits per heavy atom. The minimum atomic E-state index is 1.05. The van der Waals surface area contributed by atoms with Crippen LogP contribution in [0.25, 0.3) is 6.08 Å². The first-order valence-electron chi connectivity index (χ1n) is 8.94. The molecule has 4 heteroatoms. The number of thioether (sulfide) groups is 1. The van der Waals surface area contributed by atoms with Crippen molar-refractivity contribution in [1.82, 2.24) is 0 Å². The maximum atomic E-state index is 2.29. The normalized spacial score (nSPS) is 15.7. The third-order valence-corrected chi connectivity index (χ3v) is 5.64. The third kappa shape index (κ3) is 4.86. The Hall–Kier alpha value is -1.78. The minimum absolute atomic E-state index is 1.05. The monoisotopic (exact) mass is 355 g/mol. The first-order chi connectivity index (χ1) is 11.9. The Kier molecular flexibility index (Phi) is 5.50. The predicted molar refractivity (Wildman–Crippen MR) is 107 cm³/mol. The van der Waals surface area contributed by atoms with E-state index in [1.54, 1.807) is 0 Å². The fourth-order valence-electron chi connectivity index (χ4n) is 2.98. The zero-order chi connectivity index (χ0) is 17.9. The second kappa shape index (κ2) is 7.63. The van der Waals surface area contributed by atoms with Crippen LogP contribution in [-0.4, -0.2) is 39.2 Å². The molecule has 1 aromatic heterocycles. The van der Waals surface area contributed by atoms with Gasteiger partial charge in [0, 0.05) is 36.9 Å². The molecule has 1 aliphatic heterocycles. The van der Waals surface area contributed by atoms with Gasteiger partial charge < -0.3 is 9.38 Å². The van der Waals surface area contributed by atoms with E-state index in [2.05, 4.69) is 92.5 Å². The van der Waals surface area contributed by atoms with Crippen molar-refractivity contribution in [1.29, 1.82) is 0 Å². The molecule has 1 aromatic carbocycles. The molecule has 0 amide bonds. The van der Waals surface area contributed by atoms with Gasteiger partial charge in [-0.1, -0.05) is 23.9 Å². The van der Waals surface area contributed by atoms with E-state index in [9.17, 15) is 0 Å². The lowest BCUT2D eigenvalue weighted by Gasteiger charge is -2.23. The van der Waals surface area contributed by atoms with Crippen LogP contribution in [0.2, 0.25) is 0 Å². The lowest BCUT2D eigenvalue weighted by molar-refractivity contribution is -0.870. The van der Waals surface area contributed by atoms with Crippen molar-refractivity contribution in [3.8, 4) is 0 Å². The first-order valence-corrected chi connectivity index (χ1v) is 9.76. The maximum absolute atomic E-state index is 2.29. The molecule has 25 heavy (non-hydrogen) atoms. The van der Waals surface area contributed by atoms with E-state index in [1.807, 2.05) is 11.8 Å². The van der Waals surface area contributed by atoms with Crippen molar-refractivity contribution in [2.24, 2.45) is 0 Å². The number of unbranched alkanes of at least 4 members (excludes halogenated alkanes) is 1. The number of quaternary nitrogens is 1. The molecule has 0 aliphatic carbocycles. The van der Waals surface area contributed by atoms with E-state index in [1.165, 1.54) is 40.6 Å². The van der Waals surface area contributed by atoms with Crippen molar-refractivity contribution in [3.63, 3.8) is 0 Å². The Bertz CT molecular complexity index is 744. The molecule has 0 radical (unpaired) electrons. The average Bonchev–Trinajstić information content (AvgIpc) is 2.89. The van der Waals surface area contributed by atoms with Crippen molar-refractivity contribution >= 4 is 23.5 Å². The first kappa shape index (κ1) is 18.0. The van der Waals surface area contributed by atoms with E-state index in [4.69, 9.17) is 0 Å². The summed E-state index contributed by atoms with van der Waals surface area (Å²) in [6.45, 7) is 2.33. The van der Waals surface area contributed by atoms with Crippen molar-refractivity contribution in [3.05, 3.63) is 59.4 Å². The Morgan fingerprint density at radius 2 is 1.76 bits per heavy atom. The highest BCUT2D eigenvalue weighted by atomic mass is 32.2. The van der Waals surface area contributed by atoms with Crippen LogP contribution in [0.15, 0.2) is 58.7 Å². The van der Waals surface area contributed by atoms with Crippen LogP contribution in [0.4, 0.5) is 5.69 Å². The van der Waals surface area contributed by atoms with Gasteiger partial charge in [-0.15, -0.1) is 0 Å². The fraction of sp³-hybridized carbons (Fsp3) is 0.381. The average molecular weight is 356 g/mol. The minimum Gasteiger partial charge on any atom is -0.338 e. The van der Waals surface area contributed by atoms with Crippen LogP contribution in [0, 0.1) is 0 Å². The molecule has 132 valence electrons. The van der Waals surface area contributed by atoms with Crippen LogP contribution in [-0.2, 0) is 6.54 Å². The molecule has 2 heterocycles. The van der Waals surface area contributed by atoms with Crippen molar-refractivity contribution < 1.29 is 9.05 Å². The molecule has 0 fully saturated rings. The molecule has 1 aliphatic rings. The quantitative estimate of drug-likeness (QED) is 0.439. The van der Waals surface area contributed by atoms with Crippen LogP contribution >= 0.6 is 11.8 Å². The molecule has 0 N–H and O–H groups in total. The summed E-state index contributed by atoms with van der Waals surface area (Å²) in [5.74, 6) is 0. The lowest BCUT2D eigenvalue weighted by atomic mass is 10.2. The highest BCUT2D eigenvalue weighted by Crippen LogP contribution is 2.45. The number of benzene rings is 1. The summed E-state index contributed by atoms with van der Waals surface area (Å²) in [7, 11) is 8.91. The molecule has 3 nitrogen and oxygen atoms in total. The lowest BCUT2D eigenvalue weighted by Crippen LogP contribution is -2.37. The van der Waals surface area contributed by atoms with Gasteiger partial charge in [0.1, 0.15) is 6.54 Å². The number of nitrogens with zero attached hydrogens (tertiary/aromatic N) is 3. The number of pyridine rings is 1. The molecular formula is C21H29N3S+2. The van der Waals surface area contributed by atoms with Gasteiger partial charge >= 0.3 is 0 Å². The number of anilines is 1. The molecule has 0 saturated carbocycles. The molecule has 0 saturated heterocycles. The van der Waals surface area contributed by atoms with E-state index < -0.39 is 0 Å². The van der Waals surface area contributed by atoms with Crippen LogP contribution < -0.4 is 9.47 Å². The number of rotatable bonds is 6. The van der Waals surface area contributed by atoms with Gasteiger partial charge in [-0.05, 0) is 23.8 Å². The van der Waals surface area contributed by atoms with E-state index in [0.717, 1.165) is 11.0 Å². The van der Waals surface area contributed by atoms with Crippen LogP contribution in [0.5, 0.6) is 0 Å². The molecular weight excluding hydrogens is 326 g/mol. The van der Waals surface area contributed by atoms with Gasteiger partial charge in [0.25, 0.3) is 0 Å². The number of fused-ring (bicyclic) bond motifs is 1. The summed E-state index contributed by atoms with van der Waals surface area (Å²) < 4.78 is 3.34. The maximum Gasteiger partial charge on any atom is 0.169 e. The zero-order valence-corrected chi connectivity index (χ0v) is 16.6. The van der Waals surface area contributed by atoms with Gasteiger partial charge in [-0.2, -0.15) is 0 Å². The van der Waals surface area contributed by atoms with E-state index in [0.29, 0.717) is 0 Å². The van der Waals surface area contributed by atoms with Gasteiger partial charge in [-0.25, -0.2) is 4.57 Å². The van der Waals surface area contributed by atoms with Gasteiger partial charge in [0.15, 0.2) is 12.4 Å². The number of para-hydroxylation sites is 1. The van der Waals surface area contributed by atoms with Crippen molar-refractivity contribution in [2.75, 3.05) is 39.6 Å². The smallest absolute Gasteiger partial charge is 0.169 e. The second-order valence-electron chi connectivity index (χ2n) is 7.70. The van der Waals surface area contributed by atoms with E-state index in [-0.39, 0.29) is 0 Å². The predicted octanol–water partition coefficient (Wildman–Crippen LogP) is 4.00. The molecule has 0 bridgehead atoms. The largest absolute Gasteiger partial charge is 0.338 e. The van der Waals surface area contributed by atoms with Gasteiger partial charge in [-0.3, -0.25) is 0 Å². The molecule has 2 aromatic rings. The number of hydrogen-bond acceptors (Lipinski definition) is 2. The molecule has 0 atom stereocenters. The highest BCUT2D eigenvalue weighted by molar-refractivity contribution is 8.03. The topological polar surface area (TPSA) is 7.12 Å². The second-order valence-corrected chi connectivity index (χ2v) is 8.76. The van der Waals surface area contributed by atoms with Crippen LogP contribution in [0.1, 0.15) is 18.4 Å². The number of aromatic nitrogens is 1. The zero-order valence-electron chi connectivity index (χ0n) is 15.8. The molecule has 3 rings (SSSR count). The summed E-state index contributed by atoms with van der Waals surface area (Å²) in [6, 6.07) is 13.0. The SMILES string of the molecule is CN1/C(=C\c2cc[n+](CCCC[N+](C)(C)C)cc2)Sc2ccccc21. The summed E-state index contributed by atoms with van der Waals surface area (Å²) in [4.78, 5) is 3.60. The summed E-state index contributed by atoms with van der Waals surface area (Å²) >= 11 is 1.84. The molecule has 0 spiro atoms. The Labute approximate surface area is 156 Å². The van der Waals surface area contributed by atoms with E-state index >= 15 is 0 Å². The summed E-state index contributed by atoms with van der Waals surface area (Å²) in [6.07, 6.45) is 9.17. The van der Waals surface area contributed by atoms with Gasteiger partial charge in [0.05, 0.1) is 38.4 Å². The number of hydrogen-bond donors (Lipinski definition) is 0. The van der Waals surface area contributed by atoms with Crippen molar-refractivity contribution in [2.45, 2.75) is 24.3 Å². The third-order valence-electron chi connectivity index (χ3n) is 4.47. The Morgan fingerprint density at radius 1 is 1.04 bits per heavy atom. The Balaban J connectivity index is 1.58. The summed E-state index contributed by atoms with van der Waals surface area (Å²) in [5, 5.41) is 1.28. The highest BCUT2D eigenvalue weighted by Gasteiger charge is 2.21. The summed E-state index contributed by atoms with van der Waals surface area (Å²) in [5.41, 5.74) is 2.55. The number of aryl methyl sites for hydroxylation is 1. The fourth-order valence-corrected chi connectivity index (χ4v) is 4.10.